The lowest BCUT2D eigenvalue weighted by atomic mass is 10.0. The summed E-state index contributed by atoms with van der Waals surface area (Å²) in [4.78, 5) is 12.3. The molecule has 6 nitrogen and oxygen atoms in total. The highest BCUT2D eigenvalue weighted by Gasteiger charge is 2.15. The molecule has 1 heterocycles. The molecule has 0 aliphatic carbocycles. The van der Waals surface area contributed by atoms with Gasteiger partial charge in [-0.15, -0.1) is 6.58 Å². The monoisotopic (exact) mass is 398 g/mol. The Morgan fingerprint density at radius 3 is 2.70 bits per heavy atom. The maximum Gasteiger partial charge on any atom is 0.262 e. The Morgan fingerprint density at radius 1 is 1.30 bits per heavy atom. The minimum Gasteiger partial charge on any atom is -0.496 e. The minimum atomic E-state index is -0.457. The van der Waals surface area contributed by atoms with Gasteiger partial charge in [-0.2, -0.15) is 10.4 Å². The Hall–Kier alpha value is -4.11. The molecule has 30 heavy (non-hydrogen) atoms. The van der Waals surface area contributed by atoms with Gasteiger partial charge < -0.3 is 10.1 Å². The normalized spacial score (nSPS) is 10.9. The highest BCUT2D eigenvalue weighted by Crippen LogP contribution is 2.29. The smallest absolute Gasteiger partial charge is 0.262 e. The summed E-state index contributed by atoms with van der Waals surface area (Å²) >= 11 is 0. The fourth-order valence-electron chi connectivity index (χ4n) is 3.02. The van der Waals surface area contributed by atoms with E-state index in [1.54, 1.807) is 23.9 Å². The molecular formula is C24H22N4O2. The highest BCUT2D eigenvalue weighted by atomic mass is 16.5. The second-order valence-corrected chi connectivity index (χ2v) is 6.57. The zero-order valence-electron chi connectivity index (χ0n) is 16.9. The number of nitrogens with zero attached hydrogens (tertiary/aromatic N) is 3. The molecule has 0 unspecified atom stereocenters. The third kappa shape index (κ3) is 4.47. The van der Waals surface area contributed by atoms with E-state index in [0.717, 1.165) is 22.6 Å². The molecule has 0 aliphatic rings. The summed E-state index contributed by atoms with van der Waals surface area (Å²) in [5.74, 6) is 0.321. The molecule has 0 bridgehead atoms. The van der Waals surface area contributed by atoms with Crippen LogP contribution in [0.4, 0.5) is 0 Å². The minimum absolute atomic E-state index is 0.00375. The molecular weight excluding hydrogens is 376 g/mol. The molecule has 0 saturated carbocycles. The molecule has 2 aromatic carbocycles. The van der Waals surface area contributed by atoms with E-state index in [1.807, 2.05) is 67.7 Å². The van der Waals surface area contributed by atoms with Gasteiger partial charge in [0.1, 0.15) is 23.1 Å². The van der Waals surface area contributed by atoms with Crippen molar-refractivity contribution in [2.24, 2.45) is 0 Å². The molecule has 0 spiro atoms. The van der Waals surface area contributed by atoms with Gasteiger partial charge in [0.05, 0.1) is 12.8 Å². The van der Waals surface area contributed by atoms with Crippen LogP contribution in [-0.4, -0.2) is 29.3 Å². The van der Waals surface area contributed by atoms with Crippen LogP contribution in [0.3, 0.4) is 0 Å². The molecule has 1 aromatic heterocycles. The van der Waals surface area contributed by atoms with E-state index in [2.05, 4.69) is 11.9 Å². The standard InChI is InChI=1S/C24H22N4O2/c1-4-12-26-24(29)19(15-25)14-20-16-28(21-8-6-5-7-9-21)27-23(20)18-10-11-22(30-3)17(2)13-18/h4-11,13-14,16H,1,12H2,2-3H3,(H,26,29)/b19-14-. The van der Waals surface area contributed by atoms with Crippen molar-refractivity contribution in [1.82, 2.24) is 15.1 Å². The van der Waals surface area contributed by atoms with Crippen LogP contribution in [0.5, 0.6) is 5.75 Å². The maximum absolute atomic E-state index is 12.3. The summed E-state index contributed by atoms with van der Waals surface area (Å²) < 4.78 is 7.08. The summed E-state index contributed by atoms with van der Waals surface area (Å²) in [6.45, 7) is 5.81. The van der Waals surface area contributed by atoms with Gasteiger partial charge in [0.2, 0.25) is 0 Å². The van der Waals surface area contributed by atoms with E-state index in [1.165, 1.54) is 0 Å². The summed E-state index contributed by atoms with van der Waals surface area (Å²) in [5, 5.41) is 16.9. The second-order valence-electron chi connectivity index (χ2n) is 6.57. The van der Waals surface area contributed by atoms with Gasteiger partial charge in [-0.1, -0.05) is 24.3 Å². The average Bonchev–Trinajstić information content (AvgIpc) is 3.20. The first kappa shape index (κ1) is 20.6. The molecule has 150 valence electrons. The number of benzene rings is 2. The van der Waals surface area contributed by atoms with Gasteiger partial charge in [-0.25, -0.2) is 4.68 Å². The van der Waals surface area contributed by atoms with Crippen molar-refractivity contribution in [1.29, 1.82) is 5.26 Å². The van der Waals surface area contributed by atoms with E-state index in [-0.39, 0.29) is 12.1 Å². The van der Waals surface area contributed by atoms with Crippen LogP contribution in [0.15, 0.2) is 73.0 Å². The van der Waals surface area contributed by atoms with Crippen molar-refractivity contribution in [3.8, 4) is 28.8 Å². The zero-order chi connectivity index (χ0) is 21.5. The number of carbonyl (C=O) groups is 1. The number of ether oxygens (including phenoxy) is 1. The first-order valence-corrected chi connectivity index (χ1v) is 9.38. The third-order valence-corrected chi connectivity index (χ3v) is 4.50. The van der Waals surface area contributed by atoms with Crippen molar-refractivity contribution < 1.29 is 9.53 Å². The van der Waals surface area contributed by atoms with Crippen molar-refractivity contribution in [3.05, 3.63) is 84.1 Å². The van der Waals surface area contributed by atoms with Crippen LogP contribution in [0.25, 0.3) is 23.0 Å². The van der Waals surface area contributed by atoms with Crippen molar-refractivity contribution >= 4 is 12.0 Å². The average molecular weight is 398 g/mol. The van der Waals surface area contributed by atoms with Gasteiger partial charge in [-0.05, 0) is 48.9 Å². The Morgan fingerprint density at radius 2 is 2.07 bits per heavy atom. The molecule has 0 fully saturated rings. The van der Waals surface area contributed by atoms with Gasteiger partial charge in [-0.3, -0.25) is 4.79 Å². The fraction of sp³-hybridized carbons (Fsp3) is 0.125. The number of rotatable bonds is 7. The van der Waals surface area contributed by atoms with Crippen LogP contribution in [0, 0.1) is 18.3 Å². The molecule has 3 aromatic rings. The Balaban J connectivity index is 2.13. The lowest BCUT2D eigenvalue weighted by Crippen LogP contribution is -2.24. The Bertz CT molecular complexity index is 1140. The van der Waals surface area contributed by atoms with Gasteiger partial charge in [0.25, 0.3) is 5.91 Å². The van der Waals surface area contributed by atoms with Crippen LogP contribution < -0.4 is 10.1 Å². The van der Waals surface area contributed by atoms with E-state index in [4.69, 9.17) is 9.84 Å². The zero-order valence-corrected chi connectivity index (χ0v) is 16.9. The maximum atomic E-state index is 12.3. The molecule has 0 radical (unpaired) electrons. The van der Waals surface area contributed by atoms with Crippen LogP contribution in [-0.2, 0) is 4.79 Å². The predicted molar refractivity (Wildman–Crippen MR) is 117 cm³/mol. The lowest BCUT2D eigenvalue weighted by Gasteiger charge is -2.07. The molecule has 0 saturated heterocycles. The number of methoxy groups -OCH3 is 1. The number of aryl methyl sites for hydroxylation is 1. The van der Waals surface area contributed by atoms with Gasteiger partial charge in [0.15, 0.2) is 0 Å². The highest BCUT2D eigenvalue weighted by molar-refractivity contribution is 6.02. The summed E-state index contributed by atoms with van der Waals surface area (Å²) in [7, 11) is 1.63. The van der Waals surface area contributed by atoms with E-state index < -0.39 is 5.91 Å². The predicted octanol–water partition coefficient (Wildman–Crippen LogP) is 4.07. The fourth-order valence-corrected chi connectivity index (χ4v) is 3.02. The van der Waals surface area contributed by atoms with Crippen LogP contribution in [0.2, 0.25) is 0 Å². The molecule has 1 N–H and O–H groups in total. The van der Waals surface area contributed by atoms with Gasteiger partial charge >= 0.3 is 0 Å². The number of para-hydroxylation sites is 1. The Kier molecular flexibility index (Phi) is 6.46. The molecule has 0 aliphatic heterocycles. The number of carbonyl (C=O) groups excluding carboxylic acids is 1. The largest absolute Gasteiger partial charge is 0.496 e. The summed E-state index contributed by atoms with van der Waals surface area (Å²) in [5.41, 5.74) is 4.01. The first-order valence-electron chi connectivity index (χ1n) is 9.38. The van der Waals surface area contributed by atoms with E-state index in [9.17, 15) is 10.1 Å². The molecule has 3 rings (SSSR count). The topological polar surface area (TPSA) is 79.9 Å². The van der Waals surface area contributed by atoms with Crippen molar-refractivity contribution in [2.75, 3.05) is 13.7 Å². The summed E-state index contributed by atoms with van der Waals surface area (Å²) in [6, 6.07) is 17.4. The van der Waals surface area contributed by atoms with E-state index in [0.29, 0.717) is 11.3 Å². The third-order valence-electron chi connectivity index (χ3n) is 4.50. The second kappa shape index (κ2) is 9.39. The number of nitriles is 1. The van der Waals surface area contributed by atoms with Crippen LogP contribution >= 0.6 is 0 Å². The molecule has 0 atom stereocenters. The van der Waals surface area contributed by atoms with Crippen molar-refractivity contribution in [3.63, 3.8) is 0 Å². The SMILES string of the molecule is C=CCNC(=O)/C(C#N)=C\c1cn(-c2ccccc2)nc1-c1ccc(OC)c(C)c1. The molecule has 6 heteroatoms. The first-order chi connectivity index (χ1) is 14.6. The van der Waals surface area contributed by atoms with Gasteiger partial charge in [0, 0.05) is 23.9 Å². The number of aromatic nitrogens is 2. The van der Waals surface area contributed by atoms with E-state index >= 15 is 0 Å². The molecule has 1 amide bonds. The Labute approximate surface area is 175 Å². The quantitative estimate of drug-likeness (QED) is 0.370. The van der Waals surface area contributed by atoms with Crippen molar-refractivity contribution in [2.45, 2.75) is 6.92 Å². The number of hydrogen-bond acceptors (Lipinski definition) is 4. The number of hydrogen-bond donors (Lipinski definition) is 1. The lowest BCUT2D eigenvalue weighted by molar-refractivity contribution is -0.116. The number of amides is 1. The number of nitrogens with one attached hydrogen (secondary N) is 1. The van der Waals surface area contributed by atoms with Crippen LogP contribution in [0.1, 0.15) is 11.1 Å². The summed E-state index contributed by atoms with van der Waals surface area (Å²) in [6.07, 6.45) is 4.92.